The number of hydrogen-bond acceptors (Lipinski definition) is 3. The zero-order chi connectivity index (χ0) is 8.97. The first-order valence-electron chi connectivity index (χ1n) is 3.36. The van der Waals surface area contributed by atoms with E-state index in [4.69, 9.17) is 0 Å². The van der Waals surface area contributed by atoms with E-state index >= 15 is 0 Å². The first kappa shape index (κ1) is 8.80. The summed E-state index contributed by atoms with van der Waals surface area (Å²) in [5.74, 6) is 0. The van der Waals surface area contributed by atoms with Crippen LogP contribution in [0.15, 0.2) is 41.9 Å². The molecule has 0 saturated heterocycles. The number of anilines is 1. The summed E-state index contributed by atoms with van der Waals surface area (Å²) in [6, 6.07) is 6.44. The van der Waals surface area contributed by atoms with Crippen molar-refractivity contribution in [3.05, 3.63) is 37.0 Å². The maximum absolute atomic E-state index is 10.5. The molecule has 0 heterocycles. The van der Waals surface area contributed by atoms with Crippen LogP contribution in [0.4, 0.5) is 5.69 Å². The van der Waals surface area contributed by atoms with Crippen molar-refractivity contribution in [2.24, 2.45) is 0 Å². The fourth-order valence-corrected chi connectivity index (χ4v) is 1.19. The van der Waals surface area contributed by atoms with Crippen molar-refractivity contribution in [1.29, 1.82) is 0 Å². The molecule has 64 valence electrons. The number of rotatable bonds is 3. The minimum atomic E-state index is -2.47. The molecule has 0 aliphatic rings. The number of thiol groups is 1. The summed E-state index contributed by atoms with van der Waals surface area (Å²) < 4.78 is 20.9. The van der Waals surface area contributed by atoms with E-state index in [0.717, 1.165) is 5.69 Å². The predicted molar refractivity (Wildman–Crippen MR) is 48.8 cm³/mol. The van der Waals surface area contributed by atoms with Crippen molar-refractivity contribution >= 4 is 16.4 Å². The lowest BCUT2D eigenvalue weighted by Crippen LogP contribution is -1.86. The lowest BCUT2D eigenvalue weighted by molar-refractivity contribution is 0.614. The second kappa shape index (κ2) is 3.92. The summed E-state index contributed by atoms with van der Waals surface area (Å²) >= 11 is 0. The molecule has 1 rings (SSSR count). The first-order valence-corrected chi connectivity index (χ1v) is 4.53. The van der Waals surface area contributed by atoms with E-state index in [-0.39, 0.29) is 0 Å². The first-order chi connectivity index (χ1) is 5.74. The fourth-order valence-electron chi connectivity index (χ4n) is 0.797. The molecule has 0 bridgehead atoms. The van der Waals surface area contributed by atoms with Gasteiger partial charge < -0.3 is 5.32 Å². The van der Waals surface area contributed by atoms with Crippen LogP contribution in [0.5, 0.6) is 0 Å². The van der Waals surface area contributed by atoms with Crippen molar-refractivity contribution in [3.63, 3.8) is 0 Å². The van der Waals surface area contributed by atoms with E-state index in [1.165, 1.54) is 18.3 Å². The van der Waals surface area contributed by atoms with Crippen LogP contribution in [0.25, 0.3) is 0 Å². The van der Waals surface area contributed by atoms with Crippen LogP contribution < -0.4 is 5.32 Å². The van der Waals surface area contributed by atoms with E-state index < -0.39 is 10.7 Å². The summed E-state index contributed by atoms with van der Waals surface area (Å²) in [5, 5.41) is 2.84. The lowest BCUT2D eigenvalue weighted by atomic mass is 10.3. The quantitative estimate of drug-likeness (QED) is 0.692. The van der Waals surface area contributed by atoms with Gasteiger partial charge in [0.25, 0.3) is 0 Å². The largest absolute Gasteiger partial charge is 0.362 e. The van der Waals surface area contributed by atoms with Crippen molar-refractivity contribution in [1.82, 2.24) is 0 Å². The Balaban J connectivity index is 2.92. The SMILES string of the molecule is C=CNc1ccc([SH](=O)=O)cc1. The molecule has 0 radical (unpaired) electrons. The highest BCUT2D eigenvalue weighted by molar-refractivity contribution is 7.72. The molecular weight excluding hydrogens is 174 g/mol. The smallest absolute Gasteiger partial charge is 0.168 e. The molecule has 0 unspecified atom stereocenters. The number of benzene rings is 1. The average molecular weight is 183 g/mol. The normalized spacial score (nSPS) is 9.75. The van der Waals surface area contributed by atoms with Crippen molar-refractivity contribution < 1.29 is 8.42 Å². The average Bonchev–Trinajstić information content (AvgIpc) is 2.06. The summed E-state index contributed by atoms with van der Waals surface area (Å²) in [7, 11) is -2.47. The molecule has 3 nitrogen and oxygen atoms in total. The van der Waals surface area contributed by atoms with Crippen LogP contribution in [0, 0.1) is 0 Å². The van der Waals surface area contributed by atoms with Crippen LogP contribution in [0.1, 0.15) is 0 Å². The monoisotopic (exact) mass is 183 g/mol. The third kappa shape index (κ3) is 2.10. The highest BCUT2D eigenvalue weighted by Crippen LogP contribution is 2.09. The van der Waals surface area contributed by atoms with Gasteiger partial charge in [0.2, 0.25) is 0 Å². The molecule has 0 aliphatic carbocycles. The topological polar surface area (TPSA) is 46.2 Å². The Morgan fingerprint density at radius 3 is 2.25 bits per heavy atom. The molecule has 0 saturated carbocycles. The Morgan fingerprint density at radius 2 is 1.83 bits per heavy atom. The van der Waals surface area contributed by atoms with Gasteiger partial charge in [0, 0.05) is 5.69 Å². The number of nitrogens with one attached hydrogen (secondary N) is 1. The Bertz CT molecular complexity index is 333. The van der Waals surface area contributed by atoms with Gasteiger partial charge in [0.05, 0.1) is 4.90 Å². The maximum Gasteiger partial charge on any atom is 0.168 e. The van der Waals surface area contributed by atoms with Crippen molar-refractivity contribution in [2.45, 2.75) is 4.90 Å². The lowest BCUT2D eigenvalue weighted by Gasteiger charge is -1.98. The minimum Gasteiger partial charge on any atom is -0.362 e. The summed E-state index contributed by atoms with van der Waals surface area (Å²) in [4.78, 5) is 0.319. The molecule has 0 spiro atoms. The molecule has 0 fully saturated rings. The van der Waals surface area contributed by atoms with Gasteiger partial charge in [-0.3, -0.25) is 0 Å². The summed E-state index contributed by atoms with van der Waals surface area (Å²) in [6.07, 6.45) is 1.53. The molecule has 1 aromatic rings. The second-order valence-electron chi connectivity index (χ2n) is 2.15. The molecule has 1 aromatic carbocycles. The zero-order valence-electron chi connectivity index (χ0n) is 6.36. The van der Waals surface area contributed by atoms with Gasteiger partial charge in [-0.25, -0.2) is 8.42 Å². The molecule has 0 aliphatic heterocycles. The zero-order valence-corrected chi connectivity index (χ0v) is 7.25. The Hall–Kier alpha value is -1.29. The van der Waals surface area contributed by atoms with E-state index in [2.05, 4.69) is 11.9 Å². The van der Waals surface area contributed by atoms with Gasteiger partial charge in [0.15, 0.2) is 10.7 Å². The van der Waals surface area contributed by atoms with Gasteiger partial charge >= 0.3 is 0 Å². The molecule has 0 atom stereocenters. The van der Waals surface area contributed by atoms with Crippen LogP contribution in [0.3, 0.4) is 0 Å². The standard InChI is InChI=1S/C8H9NO2S/c1-2-9-7-3-5-8(6-4-7)12(10)11/h2-6,9,12H,1H2. The minimum absolute atomic E-state index is 0.319. The van der Waals surface area contributed by atoms with Crippen molar-refractivity contribution in [3.8, 4) is 0 Å². The Kier molecular flexibility index (Phi) is 2.88. The van der Waals surface area contributed by atoms with Gasteiger partial charge in [-0.15, -0.1) is 0 Å². The van der Waals surface area contributed by atoms with Crippen LogP contribution in [-0.4, -0.2) is 8.42 Å². The van der Waals surface area contributed by atoms with E-state index in [1.807, 2.05) is 0 Å². The maximum atomic E-state index is 10.5. The van der Waals surface area contributed by atoms with Crippen molar-refractivity contribution in [2.75, 3.05) is 5.32 Å². The predicted octanol–water partition coefficient (Wildman–Crippen LogP) is 1.21. The Morgan fingerprint density at radius 1 is 1.25 bits per heavy atom. The van der Waals surface area contributed by atoms with Gasteiger partial charge in [-0.05, 0) is 30.5 Å². The summed E-state index contributed by atoms with van der Waals surface area (Å²) in [5.41, 5.74) is 0.825. The summed E-state index contributed by atoms with van der Waals surface area (Å²) in [6.45, 7) is 3.48. The highest BCUT2D eigenvalue weighted by atomic mass is 32.2. The van der Waals surface area contributed by atoms with Crippen LogP contribution >= 0.6 is 0 Å². The Labute approximate surface area is 72.7 Å². The van der Waals surface area contributed by atoms with E-state index in [9.17, 15) is 8.42 Å². The number of hydrogen-bond donors (Lipinski definition) is 2. The molecule has 1 N–H and O–H groups in total. The fraction of sp³-hybridized carbons (Fsp3) is 0. The van der Waals surface area contributed by atoms with Crippen LogP contribution in [0.2, 0.25) is 0 Å². The third-order valence-corrected chi connectivity index (χ3v) is 2.07. The highest BCUT2D eigenvalue weighted by Gasteiger charge is 1.93. The van der Waals surface area contributed by atoms with Gasteiger partial charge in [-0.1, -0.05) is 6.58 Å². The molecule has 4 heteroatoms. The molecular formula is C8H9NO2S. The van der Waals surface area contributed by atoms with Gasteiger partial charge in [-0.2, -0.15) is 0 Å². The van der Waals surface area contributed by atoms with Crippen LogP contribution in [-0.2, 0) is 10.7 Å². The van der Waals surface area contributed by atoms with E-state index in [1.54, 1.807) is 12.1 Å². The van der Waals surface area contributed by atoms with E-state index in [0.29, 0.717) is 4.90 Å². The molecule has 0 amide bonds. The van der Waals surface area contributed by atoms with Gasteiger partial charge in [0.1, 0.15) is 0 Å². The molecule has 12 heavy (non-hydrogen) atoms. The second-order valence-corrected chi connectivity index (χ2v) is 3.18. The molecule has 0 aromatic heterocycles. The third-order valence-electron chi connectivity index (χ3n) is 1.35.